The van der Waals surface area contributed by atoms with E-state index in [1.165, 1.54) is 0 Å². The van der Waals surface area contributed by atoms with Gasteiger partial charge >= 0.3 is 6.03 Å². The molecule has 0 aliphatic heterocycles. The standard InChI is InChI=1S/C16H30N4O2/c1-6-13-12(14(7-2)20(5)19-13)10-17-15(22)18-11-16(3,4)8-9-21/h21H,6-11H2,1-5H3,(H2,17,18,22). The summed E-state index contributed by atoms with van der Waals surface area (Å²) in [5.41, 5.74) is 3.22. The maximum Gasteiger partial charge on any atom is 0.315 e. The second kappa shape index (κ2) is 8.17. The molecule has 1 rings (SSSR count). The zero-order chi connectivity index (χ0) is 16.8. The maximum absolute atomic E-state index is 12.0. The molecular weight excluding hydrogens is 280 g/mol. The molecular formula is C16H30N4O2. The molecule has 0 saturated heterocycles. The zero-order valence-electron chi connectivity index (χ0n) is 14.5. The van der Waals surface area contributed by atoms with E-state index in [2.05, 4.69) is 29.6 Å². The van der Waals surface area contributed by atoms with Gasteiger partial charge in [-0.1, -0.05) is 27.7 Å². The van der Waals surface area contributed by atoms with Gasteiger partial charge in [0.25, 0.3) is 0 Å². The summed E-state index contributed by atoms with van der Waals surface area (Å²) in [7, 11) is 1.94. The maximum atomic E-state index is 12.0. The topological polar surface area (TPSA) is 79.2 Å². The van der Waals surface area contributed by atoms with Crippen LogP contribution < -0.4 is 10.6 Å². The van der Waals surface area contributed by atoms with Crippen LogP contribution in [0.4, 0.5) is 4.79 Å². The third-order valence-corrected chi connectivity index (χ3v) is 3.97. The normalized spacial score (nSPS) is 11.5. The first-order valence-corrected chi connectivity index (χ1v) is 8.00. The van der Waals surface area contributed by atoms with Crippen LogP contribution in [0.25, 0.3) is 0 Å². The fraction of sp³-hybridized carbons (Fsp3) is 0.750. The fourth-order valence-corrected chi connectivity index (χ4v) is 2.54. The minimum absolute atomic E-state index is 0.108. The number of urea groups is 1. The van der Waals surface area contributed by atoms with E-state index < -0.39 is 0 Å². The van der Waals surface area contributed by atoms with Crippen molar-refractivity contribution in [3.05, 3.63) is 17.0 Å². The van der Waals surface area contributed by atoms with Gasteiger partial charge in [0, 0.05) is 38.0 Å². The highest BCUT2D eigenvalue weighted by Gasteiger charge is 2.19. The average Bonchev–Trinajstić information content (AvgIpc) is 2.78. The third-order valence-electron chi connectivity index (χ3n) is 3.97. The summed E-state index contributed by atoms with van der Waals surface area (Å²) in [6, 6.07) is -0.182. The quantitative estimate of drug-likeness (QED) is 0.684. The Kier molecular flexibility index (Phi) is 6.87. The Balaban J connectivity index is 2.58. The number of aliphatic hydroxyl groups is 1. The molecule has 0 atom stereocenters. The monoisotopic (exact) mass is 310 g/mol. The van der Waals surface area contributed by atoms with Gasteiger partial charge < -0.3 is 15.7 Å². The molecule has 6 heteroatoms. The molecule has 0 aromatic carbocycles. The molecule has 0 saturated carbocycles. The smallest absolute Gasteiger partial charge is 0.315 e. The van der Waals surface area contributed by atoms with E-state index in [-0.39, 0.29) is 18.1 Å². The molecule has 0 radical (unpaired) electrons. The Morgan fingerprint density at radius 1 is 1.27 bits per heavy atom. The van der Waals surface area contributed by atoms with E-state index in [1.54, 1.807) is 0 Å². The number of nitrogens with zero attached hydrogens (tertiary/aromatic N) is 2. The summed E-state index contributed by atoms with van der Waals surface area (Å²) in [4.78, 5) is 12.0. The highest BCUT2D eigenvalue weighted by atomic mass is 16.3. The second-order valence-electron chi connectivity index (χ2n) is 6.38. The van der Waals surface area contributed by atoms with Crippen LogP contribution >= 0.6 is 0 Å². The van der Waals surface area contributed by atoms with Crippen LogP contribution in [0, 0.1) is 5.41 Å². The number of rotatable bonds is 8. The molecule has 126 valence electrons. The summed E-state index contributed by atoms with van der Waals surface area (Å²) in [6.45, 7) is 9.37. The number of aromatic nitrogens is 2. The third kappa shape index (κ3) is 5.02. The van der Waals surface area contributed by atoms with Crippen molar-refractivity contribution in [1.29, 1.82) is 0 Å². The second-order valence-corrected chi connectivity index (χ2v) is 6.38. The highest BCUT2D eigenvalue weighted by molar-refractivity contribution is 5.73. The predicted molar refractivity (Wildman–Crippen MR) is 87.7 cm³/mol. The number of carbonyl (C=O) groups excluding carboxylic acids is 1. The lowest BCUT2D eigenvalue weighted by Crippen LogP contribution is -2.40. The largest absolute Gasteiger partial charge is 0.396 e. The molecule has 1 aromatic heterocycles. The summed E-state index contributed by atoms with van der Waals surface area (Å²) in [5, 5.41) is 19.3. The van der Waals surface area contributed by atoms with Crippen molar-refractivity contribution in [2.75, 3.05) is 13.2 Å². The Hall–Kier alpha value is -1.56. The van der Waals surface area contributed by atoms with Gasteiger partial charge in [0.1, 0.15) is 0 Å². The minimum Gasteiger partial charge on any atom is -0.396 e. The molecule has 0 fully saturated rings. The SMILES string of the molecule is CCc1nn(C)c(CC)c1CNC(=O)NCC(C)(C)CCO. The number of aryl methyl sites for hydroxylation is 2. The van der Waals surface area contributed by atoms with E-state index in [0.717, 1.165) is 29.8 Å². The zero-order valence-corrected chi connectivity index (χ0v) is 14.5. The summed E-state index contributed by atoms with van der Waals surface area (Å²) >= 11 is 0. The van der Waals surface area contributed by atoms with Gasteiger partial charge in [-0.05, 0) is 24.7 Å². The number of hydrogen-bond donors (Lipinski definition) is 3. The molecule has 0 spiro atoms. The summed E-state index contributed by atoms with van der Waals surface area (Å²) < 4.78 is 1.90. The first-order chi connectivity index (χ1) is 10.3. The van der Waals surface area contributed by atoms with Crippen LogP contribution in [0.5, 0.6) is 0 Å². The van der Waals surface area contributed by atoms with Gasteiger partial charge in [-0.2, -0.15) is 5.10 Å². The Bertz CT molecular complexity index is 495. The molecule has 22 heavy (non-hydrogen) atoms. The lowest BCUT2D eigenvalue weighted by molar-refractivity contribution is 0.201. The molecule has 0 aliphatic carbocycles. The number of nitrogens with one attached hydrogen (secondary N) is 2. The minimum atomic E-state index is -0.182. The van der Waals surface area contributed by atoms with Gasteiger partial charge in [0.2, 0.25) is 0 Å². The van der Waals surface area contributed by atoms with E-state index in [4.69, 9.17) is 5.11 Å². The van der Waals surface area contributed by atoms with Crippen molar-refractivity contribution in [3.8, 4) is 0 Å². The lowest BCUT2D eigenvalue weighted by atomic mass is 9.90. The molecule has 0 bridgehead atoms. The van der Waals surface area contributed by atoms with Crippen LogP contribution in [0.15, 0.2) is 0 Å². The number of amides is 2. The summed E-state index contributed by atoms with van der Waals surface area (Å²) in [6.07, 6.45) is 2.41. The lowest BCUT2D eigenvalue weighted by Gasteiger charge is -2.23. The van der Waals surface area contributed by atoms with Crippen LogP contribution in [-0.4, -0.2) is 34.1 Å². The van der Waals surface area contributed by atoms with Crippen molar-refractivity contribution in [2.45, 2.75) is 53.5 Å². The molecule has 2 amide bonds. The van der Waals surface area contributed by atoms with Crippen LogP contribution in [0.1, 0.15) is 51.1 Å². The number of carbonyl (C=O) groups is 1. The van der Waals surface area contributed by atoms with Gasteiger partial charge in [-0.3, -0.25) is 4.68 Å². The van der Waals surface area contributed by atoms with Crippen LogP contribution in [-0.2, 0) is 26.4 Å². The van der Waals surface area contributed by atoms with E-state index in [0.29, 0.717) is 19.5 Å². The molecule has 6 nitrogen and oxygen atoms in total. The first kappa shape index (κ1) is 18.5. The van der Waals surface area contributed by atoms with E-state index >= 15 is 0 Å². The number of hydrogen-bond acceptors (Lipinski definition) is 3. The molecule has 1 heterocycles. The molecule has 1 aromatic rings. The fourth-order valence-electron chi connectivity index (χ4n) is 2.54. The van der Waals surface area contributed by atoms with Crippen LogP contribution in [0.2, 0.25) is 0 Å². The average molecular weight is 310 g/mol. The Morgan fingerprint density at radius 2 is 1.95 bits per heavy atom. The van der Waals surface area contributed by atoms with Gasteiger partial charge in [0.15, 0.2) is 0 Å². The van der Waals surface area contributed by atoms with E-state index in [9.17, 15) is 4.79 Å². The predicted octanol–water partition coefficient (Wildman–Crippen LogP) is 1.75. The molecule has 0 unspecified atom stereocenters. The van der Waals surface area contributed by atoms with Gasteiger partial charge in [-0.15, -0.1) is 0 Å². The van der Waals surface area contributed by atoms with Crippen LogP contribution in [0.3, 0.4) is 0 Å². The van der Waals surface area contributed by atoms with E-state index in [1.807, 2.05) is 25.6 Å². The van der Waals surface area contributed by atoms with Crippen molar-refractivity contribution in [1.82, 2.24) is 20.4 Å². The Morgan fingerprint density at radius 3 is 2.50 bits per heavy atom. The Labute approximate surface area is 133 Å². The first-order valence-electron chi connectivity index (χ1n) is 8.00. The van der Waals surface area contributed by atoms with Crippen molar-refractivity contribution in [2.24, 2.45) is 12.5 Å². The van der Waals surface area contributed by atoms with Crippen molar-refractivity contribution in [3.63, 3.8) is 0 Å². The van der Waals surface area contributed by atoms with Gasteiger partial charge in [-0.25, -0.2) is 4.79 Å². The summed E-state index contributed by atoms with van der Waals surface area (Å²) in [5.74, 6) is 0. The number of aliphatic hydroxyl groups excluding tert-OH is 1. The van der Waals surface area contributed by atoms with Gasteiger partial charge in [0.05, 0.1) is 5.69 Å². The molecule has 0 aliphatic rings. The van der Waals surface area contributed by atoms with Crippen molar-refractivity contribution < 1.29 is 9.90 Å². The highest BCUT2D eigenvalue weighted by Crippen LogP contribution is 2.18. The van der Waals surface area contributed by atoms with Crippen molar-refractivity contribution >= 4 is 6.03 Å². The molecule has 3 N–H and O–H groups in total.